The van der Waals surface area contributed by atoms with Gasteiger partial charge < -0.3 is 23.7 Å². The second-order valence-corrected chi connectivity index (χ2v) is 14.5. The van der Waals surface area contributed by atoms with Crippen LogP contribution < -0.4 is 9.46 Å². The molecule has 1 aromatic heterocycles. The number of carbonyl (C=O) groups is 1. The molecule has 11 heteroatoms. The number of likely N-dealkylation sites (N-methyl/N-ethyl adjacent to an activating group) is 1. The first-order valence-electron chi connectivity index (χ1n) is 15.5. The molecule has 2 aromatic carbocycles. The fraction of sp³-hybridized carbons (Fsp3) is 0.545. The third-order valence-electron chi connectivity index (χ3n) is 9.58. The summed E-state index contributed by atoms with van der Waals surface area (Å²) in [5.41, 5.74) is 5.36. The number of methoxy groups -OCH3 is 2. The molecule has 1 N–H and O–H groups in total. The Labute approximate surface area is 261 Å². The molecule has 6 rings (SSSR count). The molecule has 1 saturated heterocycles. The second kappa shape index (κ2) is 12.1. The van der Waals surface area contributed by atoms with Crippen molar-refractivity contribution in [1.29, 1.82) is 0 Å². The molecule has 2 fully saturated rings. The van der Waals surface area contributed by atoms with E-state index in [0.29, 0.717) is 32.0 Å². The van der Waals surface area contributed by atoms with Gasteiger partial charge in [0, 0.05) is 64.8 Å². The largest absolute Gasteiger partial charge is 0.497 e. The Balaban J connectivity index is 0.00000400. The lowest BCUT2D eigenvalue weighted by Gasteiger charge is -2.24. The number of hydrogen-bond acceptors (Lipinski definition) is 6. The lowest BCUT2D eigenvalue weighted by atomic mass is 9.81. The molecule has 44 heavy (non-hydrogen) atoms. The number of hydrogen-bond donors (Lipinski definition) is 1. The van der Waals surface area contributed by atoms with E-state index in [9.17, 15) is 13.2 Å². The number of ether oxygens (including phenoxy) is 3. The van der Waals surface area contributed by atoms with E-state index in [-0.39, 0.29) is 19.9 Å². The fourth-order valence-electron chi connectivity index (χ4n) is 7.03. The van der Waals surface area contributed by atoms with Crippen molar-refractivity contribution >= 4 is 27.0 Å². The minimum Gasteiger partial charge on any atom is -0.497 e. The number of nitrogens with one attached hydrogen (secondary N) is 1. The van der Waals surface area contributed by atoms with E-state index in [4.69, 9.17) is 14.2 Å². The van der Waals surface area contributed by atoms with Crippen molar-refractivity contribution in [2.45, 2.75) is 56.7 Å². The Morgan fingerprint density at radius 3 is 2.52 bits per heavy atom. The predicted octanol–water partition coefficient (Wildman–Crippen LogP) is 4.47. The summed E-state index contributed by atoms with van der Waals surface area (Å²) >= 11 is 0. The van der Waals surface area contributed by atoms with Gasteiger partial charge in [-0.25, -0.2) is 0 Å². The number of epoxide rings is 1. The van der Waals surface area contributed by atoms with E-state index >= 15 is 0 Å². The van der Waals surface area contributed by atoms with Crippen LogP contribution in [-0.4, -0.2) is 83.2 Å². The smallest absolute Gasteiger partial charge is 0.281 e. The van der Waals surface area contributed by atoms with E-state index < -0.39 is 15.9 Å². The van der Waals surface area contributed by atoms with E-state index in [1.807, 2.05) is 19.2 Å². The summed E-state index contributed by atoms with van der Waals surface area (Å²) in [7, 11) is 4.41. The second-order valence-electron chi connectivity index (χ2n) is 12.6. The molecule has 240 valence electrons. The van der Waals surface area contributed by atoms with Crippen molar-refractivity contribution in [1.82, 2.24) is 18.5 Å². The summed E-state index contributed by atoms with van der Waals surface area (Å²) in [6.07, 6.45) is 6.47. The zero-order chi connectivity index (χ0) is 31.2. The fourth-order valence-corrected chi connectivity index (χ4v) is 7.87. The number of aromatic nitrogens is 1. The highest BCUT2D eigenvalue weighted by atomic mass is 32.2. The highest BCUT2D eigenvalue weighted by Crippen LogP contribution is 2.48. The predicted molar refractivity (Wildman–Crippen MR) is 172 cm³/mol. The van der Waals surface area contributed by atoms with Crippen LogP contribution in [0.5, 0.6) is 5.75 Å². The number of amides is 1. The molecule has 3 aromatic rings. The number of rotatable bonds is 10. The average molecular weight is 627 g/mol. The summed E-state index contributed by atoms with van der Waals surface area (Å²) in [6, 6.07) is 12.4. The van der Waals surface area contributed by atoms with E-state index in [1.54, 1.807) is 19.1 Å². The Bertz CT molecular complexity index is 1660. The molecule has 3 heterocycles. The Morgan fingerprint density at radius 2 is 1.86 bits per heavy atom. The highest BCUT2D eigenvalue weighted by Gasteiger charge is 2.50. The standard InChI is InChI=1S/C33H44N4O6S.H2/c1-35(2)44(39,40)34-33(21-43-33)25-11-13-28-29(19-25)37-20-24(32(38)36(3)15-16-41-4)17-23-18-26(42-5)12-14-27(23)31(37)30(28)22-9-7-6-8-10-22;/h11-14,18-19,22,24,34H,6-10,15-17,20-21H2,1-5H3;1H. The van der Waals surface area contributed by atoms with Crippen molar-refractivity contribution in [3.63, 3.8) is 0 Å². The number of nitrogens with zero attached hydrogens (tertiary/aromatic N) is 3. The van der Waals surface area contributed by atoms with Gasteiger partial charge in [0.05, 0.1) is 31.9 Å². The summed E-state index contributed by atoms with van der Waals surface area (Å²) in [5, 5.41) is 1.16. The van der Waals surface area contributed by atoms with Crippen molar-refractivity contribution in [2.24, 2.45) is 5.92 Å². The molecule has 1 aliphatic carbocycles. The normalized spacial score (nSPS) is 22.0. The van der Waals surface area contributed by atoms with Crippen molar-refractivity contribution in [3.8, 4) is 17.0 Å². The lowest BCUT2D eigenvalue weighted by molar-refractivity contribution is -0.135. The first kappa shape index (κ1) is 31.0. The van der Waals surface area contributed by atoms with Gasteiger partial charge >= 0.3 is 0 Å². The number of fused-ring (bicyclic) bond motifs is 5. The summed E-state index contributed by atoms with van der Waals surface area (Å²) in [4.78, 5) is 15.7. The minimum absolute atomic E-state index is 0. The molecular weight excluding hydrogens is 580 g/mol. The SMILES string of the molecule is COCCN(C)C(=O)C1Cc2cc(OC)ccc2-c2c(C3CCCCC3)c3ccc(C4(NS(=O)(=O)N(C)C)CO4)cc3n2C1.[HH]. The summed E-state index contributed by atoms with van der Waals surface area (Å²) in [5.74, 6) is 0.940. The van der Waals surface area contributed by atoms with Gasteiger partial charge in [-0.1, -0.05) is 31.4 Å². The molecular formula is C33H46N4O6S. The van der Waals surface area contributed by atoms with Gasteiger partial charge in [-0.15, -0.1) is 0 Å². The van der Waals surface area contributed by atoms with Gasteiger partial charge in [-0.05, 0) is 60.6 Å². The maximum Gasteiger partial charge on any atom is 0.281 e. The van der Waals surface area contributed by atoms with Gasteiger partial charge in [-0.3, -0.25) is 4.79 Å². The molecule has 2 unspecified atom stereocenters. The minimum atomic E-state index is -3.73. The first-order valence-corrected chi connectivity index (χ1v) is 17.0. The Morgan fingerprint density at radius 1 is 1.11 bits per heavy atom. The molecule has 1 amide bonds. The maximum absolute atomic E-state index is 14.0. The third-order valence-corrected chi connectivity index (χ3v) is 11.1. The van der Waals surface area contributed by atoms with Gasteiger partial charge in [0.2, 0.25) is 5.91 Å². The molecule has 3 aliphatic rings. The topological polar surface area (TPSA) is 106 Å². The third kappa shape index (κ3) is 5.64. The van der Waals surface area contributed by atoms with Crippen LogP contribution in [0.3, 0.4) is 0 Å². The van der Waals surface area contributed by atoms with Crippen LogP contribution >= 0.6 is 0 Å². The summed E-state index contributed by atoms with van der Waals surface area (Å²) < 4.78 is 48.6. The van der Waals surface area contributed by atoms with Crippen LogP contribution in [0.1, 0.15) is 56.1 Å². The van der Waals surface area contributed by atoms with Gasteiger partial charge in [-0.2, -0.15) is 17.4 Å². The van der Waals surface area contributed by atoms with E-state index in [0.717, 1.165) is 56.2 Å². The zero-order valence-corrected chi connectivity index (χ0v) is 27.2. The molecule has 2 atom stereocenters. The van der Waals surface area contributed by atoms with Crippen LogP contribution in [-0.2, 0) is 43.2 Å². The highest BCUT2D eigenvalue weighted by molar-refractivity contribution is 7.87. The number of carbonyl (C=O) groups excluding carboxylic acids is 1. The Hall–Kier alpha value is -2.96. The Kier molecular flexibility index (Phi) is 8.53. The lowest BCUT2D eigenvalue weighted by Crippen LogP contribution is -2.43. The molecule has 10 nitrogen and oxygen atoms in total. The van der Waals surface area contributed by atoms with Crippen LogP contribution in [0.4, 0.5) is 0 Å². The van der Waals surface area contributed by atoms with E-state index in [1.165, 1.54) is 38.9 Å². The monoisotopic (exact) mass is 626 g/mol. The summed E-state index contributed by atoms with van der Waals surface area (Å²) in [6.45, 7) is 1.74. The van der Waals surface area contributed by atoms with Gasteiger partial charge in [0.15, 0.2) is 5.72 Å². The van der Waals surface area contributed by atoms with Gasteiger partial charge in [0.25, 0.3) is 10.2 Å². The van der Waals surface area contributed by atoms with Crippen LogP contribution in [0.15, 0.2) is 36.4 Å². The van der Waals surface area contributed by atoms with E-state index in [2.05, 4.69) is 33.6 Å². The molecule has 0 radical (unpaired) electrons. The quantitative estimate of drug-likeness (QED) is 0.333. The van der Waals surface area contributed by atoms with Crippen LogP contribution in [0, 0.1) is 5.92 Å². The van der Waals surface area contributed by atoms with Crippen molar-refractivity contribution in [3.05, 3.63) is 53.1 Å². The maximum atomic E-state index is 14.0. The van der Waals surface area contributed by atoms with Crippen LogP contribution in [0.25, 0.3) is 22.2 Å². The van der Waals surface area contributed by atoms with Crippen molar-refractivity contribution < 1.29 is 28.8 Å². The zero-order valence-electron chi connectivity index (χ0n) is 26.4. The van der Waals surface area contributed by atoms with Crippen LogP contribution in [0.2, 0.25) is 0 Å². The average Bonchev–Trinajstić information content (AvgIpc) is 3.76. The number of benzene rings is 2. The van der Waals surface area contributed by atoms with Crippen molar-refractivity contribution in [2.75, 3.05) is 55.1 Å². The molecule has 0 bridgehead atoms. The van der Waals surface area contributed by atoms with Gasteiger partial charge in [0.1, 0.15) is 5.75 Å². The first-order chi connectivity index (χ1) is 21.1. The molecule has 1 saturated carbocycles. The molecule has 0 spiro atoms. The molecule has 2 aliphatic heterocycles.